The van der Waals surface area contributed by atoms with Crippen LogP contribution in [0, 0.1) is 5.92 Å². The lowest BCUT2D eigenvalue weighted by Gasteiger charge is -2.36. The van der Waals surface area contributed by atoms with Crippen LogP contribution in [0.2, 0.25) is 0 Å². The molecule has 0 spiro atoms. The maximum absolute atomic E-state index is 9.86. The molecule has 0 saturated carbocycles. The van der Waals surface area contributed by atoms with Crippen LogP contribution >= 0.6 is 0 Å². The van der Waals surface area contributed by atoms with Crippen molar-refractivity contribution < 1.29 is 19.7 Å². The van der Waals surface area contributed by atoms with E-state index in [0.717, 1.165) is 25.9 Å². The van der Waals surface area contributed by atoms with Gasteiger partial charge in [-0.05, 0) is 18.8 Å². The van der Waals surface area contributed by atoms with E-state index in [1.165, 1.54) is 0 Å². The zero-order valence-electron chi connectivity index (χ0n) is 11.5. The summed E-state index contributed by atoms with van der Waals surface area (Å²) in [7, 11) is 1.63. The van der Waals surface area contributed by atoms with Crippen LogP contribution in [0.3, 0.4) is 0 Å². The number of rotatable bonds is 8. The predicted octanol–water partition coefficient (Wildman–Crippen LogP) is 0.103. The van der Waals surface area contributed by atoms with E-state index in [0.29, 0.717) is 32.3 Å². The summed E-state index contributed by atoms with van der Waals surface area (Å²) in [6.45, 7) is 5.86. The highest BCUT2D eigenvalue weighted by Gasteiger charge is 2.27. The number of β-amino-alcohol motifs (C(OH)–C–C–N with tert-alkyl or cyclic N) is 1. The summed E-state index contributed by atoms with van der Waals surface area (Å²) in [5, 5.41) is 19.6. The van der Waals surface area contributed by atoms with E-state index in [2.05, 4.69) is 11.8 Å². The van der Waals surface area contributed by atoms with Crippen LogP contribution in [0.25, 0.3) is 0 Å². The van der Waals surface area contributed by atoms with Crippen molar-refractivity contribution in [2.45, 2.75) is 32.0 Å². The standard InChI is InChI=1S/C13H27NO4/c1-3-11-8-14(5-4-13(11)16)9-12(15)10-18-7-6-17-2/h11-13,15-16H,3-10H2,1-2H3. The Morgan fingerprint density at radius 1 is 1.39 bits per heavy atom. The first kappa shape index (κ1) is 15.9. The van der Waals surface area contributed by atoms with E-state index in [-0.39, 0.29) is 6.10 Å². The number of ether oxygens (including phenoxy) is 2. The molecule has 3 atom stereocenters. The summed E-state index contributed by atoms with van der Waals surface area (Å²) in [5.74, 6) is 0.334. The summed E-state index contributed by atoms with van der Waals surface area (Å²) in [6.07, 6.45) is 1.14. The Morgan fingerprint density at radius 3 is 2.83 bits per heavy atom. The second kappa shape index (κ2) is 8.82. The third-order valence-corrected chi connectivity index (χ3v) is 3.51. The van der Waals surface area contributed by atoms with Crippen molar-refractivity contribution in [3.63, 3.8) is 0 Å². The van der Waals surface area contributed by atoms with Gasteiger partial charge >= 0.3 is 0 Å². The van der Waals surface area contributed by atoms with Gasteiger partial charge in [-0.3, -0.25) is 0 Å². The molecular formula is C13H27NO4. The Morgan fingerprint density at radius 2 is 2.17 bits per heavy atom. The first-order valence-corrected chi connectivity index (χ1v) is 6.82. The first-order chi connectivity index (χ1) is 8.67. The third kappa shape index (κ3) is 5.63. The monoisotopic (exact) mass is 261 g/mol. The molecule has 0 amide bonds. The zero-order chi connectivity index (χ0) is 13.4. The first-order valence-electron chi connectivity index (χ1n) is 6.82. The van der Waals surface area contributed by atoms with Crippen LogP contribution in [-0.4, -0.2) is 73.9 Å². The number of nitrogens with zero attached hydrogens (tertiary/aromatic N) is 1. The predicted molar refractivity (Wildman–Crippen MR) is 69.5 cm³/mol. The van der Waals surface area contributed by atoms with Crippen molar-refractivity contribution in [3.05, 3.63) is 0 Å². The summed E-state index contributed by atoms with van der Waals surface area (Å²) >= 11 is 0. The number of likely N-dealkylation sites (tertiary alicyclic amines) is 1. The van der Waals surface area contributed by atoms with Crippen molar-refractivity contribution in [2.75, 3.05) is 46.6 Å². The smallest absolute Gasteiger partial charge is 0.0900 e. The molecule has 0 aromatic rings. The Hall–Kier alpha value is -0.200. The average molecular weight is 261 g/mol. The van der Waals surface area contributed by atoms with Gasteiger partial charge in [-0.2, -0.15) is 0 Å². The summed E-state index contributed by atoms with van der Waals surface area (Å²) in [5.41, 5.74) is 0. The molecule has 18 heavy (non-hydrogen) atoms. The molecule has 5 nitrogen and oxygen atoms in total. The minimum absolute atomic E-state index is 0.179. The van der Waals surface area contributed by atoms with E-state index in [9.17, 15) is 10.2 Å². The van der Waals surface area contributed by atoms with Crippen LogP contribution in [0.1, 0.15) is 19.8 Å². The summed E-state index contributed by atoms with van der Waals surface area (Å²) < 4.78 is 10.2. The van der Waals surface area contributed by atoms with E-state index >= 15 is 0 Å². The quantitative estimate of drug-likeness (QED) is 0.607. The number of aliphatic hydroxyl groups is 2. The number of methoxy groups -OCH3 is 1. The van der Waals surface area contributed by atoms with Crippen molar-refractivity contribution >= 4 is 0 Å². The largest absolute Gasteiger partial charge is 0.393 e. The van der Waals surface area contributed by atoms with Crippen LogP contribution in [0.5, 0.6) is 0 Å². The van der Waals surface area contributed by atoms with Gasteiger partial charge in [0.05, 0.1) is 32.0 Å². The third-order valence-electron chi connectivity index (χ3n) is 3.51. The second-order valence-corrected chi connectivity index (χ2v) is 5.01. The van der Waals surface area contributed by atoms with Gasteiger partial charge in [-0.25, -0.2) is 0 Å². The van der Waals surface area contributed by atoms with Gasteiger partial charge in [-0.15, -0.1) is 0 Å². The molecule has 1 heterocycles. The minimum atomic E-state index is -0.463. The molecule has 0 radical (unpaired) electrons. The SMILES string of the molecule is CCC1CN(CC(O)COCCOC)CCC1O. The van der Waals surface area contributed by atoms with Gasteiger partial charge in [0.25, 0.3) is 0 Å². The molecule has 0 aliphatic carbocycles. The lowest BCUT2D eigenvalue weighted by molar-refractivity contribution is -0.0236. The highest BCUT2D eigenvalue weighted by molar-refractivity contribution is 4.80. The fourth-order valence-corrected chi connectivity index (χ4v) is 2.37. The summed E-state index contributed by atoms with van der Waals surface area (Å²) in [4.78, 5) is 2.21. The molecule has 1 aliphatic heterocycles. The van der Waals surface area contributed by atoms with Crippen LogP contribution < -0.4 is 0 Å². The van der Waals surface area contributed by atoms with E-state index in [4.69, 9.17) is 9.47 Å². The molecular weight excluding hydrogens is 234 g/mol. The van der Waals surface area contributed by atoms with Crippen molar-refractivity contribution in [1.29, 1.82) is 0 Å². The average Bonchev–Trinajstić information content (AvgIpc) is 2.37. The molecule has 2 N–H and O–H groups in total. The number of piperidine rings is 1. The summed E-state index contributed by atoms with van der Waals surface area (Å²) in [6, 6.07) is 0. The molecule has 0 bridgehead atoms. The number of aliphatic hydroxyl groups excluding tert-OH is 2. The molecule has 0 aromatic heterocycles. The Bertz CT molecular complexity index is 215. The van der Waals surface area contributed by atoms with Crippen molar-refractivity contribution in [3.8, 4) is 0 Å². The van der Waals surface area contributed by atoms with Gasteiger partial charge in [0.2, 0.25) is 0 Å². The van der Waals surface area contributed by atoms with Crippen molar-refractivity contribution in [2.24, 2.45) is 5.92 Å². The van der Waals surface area contributed by atoms with Crippen LogP contribution in [0.4, 0.5) is 0 Å². The fraction of sp³-hybridized carbons (Fsp3) is 1.00. The lowest BCUT2D eigenvalue weighted by atomic mass is 9.92. The Labute approximate surface area is 110 Å². The normalized spacial score (nSPS) is 27.3. The van der Waals surface area contributed by atoms with Crippen LogP contribution in [0.15, 0.2) is 0 Å². The second-order valence-electron chi connectivity index (χ2n) is 5.01. The Kier molecular flexibility index (Phi) is 7.77. The van der Waals surface area contributed by atoms with E-state index in [1.807, 2.05) is 0 Å². The molecule has 1 rings (SSSR count). The zero-order valence-corrected chi connectivity index (χ0v) is 11.5. The number of hydrogen-bond acceptors (Lipinski definition) is 5. The molecule has 1 fully saturated rings. The van der Waals surface area contributed by atoms with Gasteiger partial charge in [-0.1, -0.05) is 6.92 Å². The molecule has 0 aromatic carbocycles. The highest BCUT2D eigenvalue weighted by Crippen LogP contribution is 2.20. The Balaban J connectivity index is 2.17. The minimum Gasteiger partial charge on any atom is -0.393 e. The van der Waals surface area contributed by atoms with Gasteiger partial charge in [0.1, 0.15) is 0 Å². The highest BCUT2D eigenvalue weighted by atomic mass is 16.5. The topological polar surface area (TPSA) is 62.2 Å². The molecule has 1 aliphatic rings. The van der Waals surface area contributed by atoms with E-state index < -0.39 is 6.10 Å². The molecule has 5 heteroatoms. The maximum Gasteiger partial charge on any atom is 0.0900 e. The van der Waals surface area contributed by atoms with Crippen LogP contribution in [-0.2, 0) is 9.47 Å². The molecule has 108 valence electrons. The molecule has 1 saturated heterocycles. The van der Waals surface area contributed by atoms with Crippen molar-refractivity contribution in [1.82, 2.24) is 4.90 Å². The van der Waals surface area contributed by atoms with E-state index in [1.54, 1.807) is 7.11 Å². The van der Waals surface area contributed by atoms with Gasteiger partial charge < -0.3 is 24.6 Å². The fourth-order valence-electron chi connectivity index (χ4n) is 2.37. The number of hydrogen-bond donors (Lipinski definition) is 2. The lowest BCUT2D eigenvalue weighted by Crippen LogP contribution is -2.46. The van der Waals surface area contributed by atoms with Gasteiger partial charge in [0.15, 0.2) is 0 Å². The molecule has 3 unspecified atom stereocenters. The van der Waals surface area contributed by atoms with Gasteiger partial charge in [0, 0.05) is 26.7 Å². The maximum atomic E-state index is 9.86.